The van der Waals surface area contributed by atoms with Gasteiger partial charge in [-0.1, -0.05) is 25.1 Å². The summed E-state index contributed by atoms with van der Waals surface area (Å²) in [6, 6.07) is 5.28. The van der Waals surface area contributed by atoms with E-state index in [2.05, 4.69) is 0 Å². The molecule has 0 aliphatic heterocycles. The summed E-state index contributed by atoms with van der Waals surface area (Å²) >= 11 is 0. The first-order valence-corrected chi connectivity index (χ1v) is 4.32. The average Bonchev–Trinajstić information content (AvgIpc) is 2.15. The summed E-state index contributed by atoms with van der Waals surface area (Å²) in [6.45, 7) is 2.15. The summed E-state index contributed by atoms with van der Waals surface area (Å²) < 4.78 is 36.9. The lowest BCUT2D eigenvalue weighted by atomic mass is 9.99. The summed E-state index contributed by atoms with van der Waals surface area (Å²) in [7, 11) is 0. The molecular weight excluding hydrogens is 191 g/mol. The molecule has 14 heavy (non-hydrogen) atoms. The van der Waals surface area contributed by atoms with E-state index in [-0.39, 0.29) is 5.92 Å². The van der Waals surface area contributed by atoms with Crippen molar-refractivity contribution in [3.63, 3.8) is 0 Å². The predicted octanol–water partition coefficient (Wildman–Crippen LogP) is 2.77. The molecule has 0 unspecified atom stereocenters. The van der Waals surface area contributed by atoms with Gasteiger partial charge in [0.1, 0.15) is 0 Å². The third kappa shape index (κ3) is 2.48. The highest BCUT2D eigenvalue weighted by atomic mass is 19.4. The topological polar surface area (TPSA) is 26.0 Å². The van der Waals surface area contributed by atoms with Crippen molar-refractivity contribution >= 4 is 0 Å². The number of halogens is 3. The van der Waals surface area contributed by atoms with Crippen molar-refractivity contribution in [2.75, 3.05) is 6.54 Å². The molecular formula is C10H12F3N. The van der Waals surface area contributed by atoms with Crippen LogP contribution in [0.3, 0.4) is 0 Å². The van der Waals surface area contributed by atoms with Crippen LogP contribution in [0, 0.1) is 0 Å². The molecule has 0 saturated carbocycles. The first-order valence-electron chi connectivity index (χ1n) is 4.32. The highest BCUT2D eigenvalue weighted by Crippen LogP contribution is 2.30. The Hall–Kier alpha value is -1.03. The number of nitrogens with two attached hydrogens (primary N) is 1. The second-order valence-corrected chi connectivity index (χ2v) is 3.26. The van der Waals surface area contributed by atoms with E-state index >= 15 is 0 Å². The summed E-state index contributed by atoms with van der Waals surface area (Å²) in [6.07, 6.45) is -4.27. The maximum Gasteiger partial charge on any atom is 0.416 e. The zero-order valence-electron chi connectivity index (χ0n) is 7.81. The Kier molecular flexibility index (Phi) is 3.16. The minimum Gasteiger partial charge on any atom is -0.330 e. The van der Waals surface area contributed by atoms with Crippen molar-refractivity contribution in [3.8, 4) is 0 Å². The van der Waals surface area contributed by atoms with Gasteiger partial charge < -0.3 is 5.73 Å². The standard InChI is InChI=1S/C10H12F3N/c1-7(6-14)8-3-2-4-9(5-8)10(11,12)13/h2-5,7H,6,14H2,1H3/t7-/m0/s1. The normalized spacial score (nSPS) is 14.1. The predicted molar refractivity (Wildman–Crippen MR) is 48.9 cm³/mol. The third-order valence-corrected chi connectivity index (χ3v) is 2.14. The lowest BCUT2D eigenvalue weighted by Gasteiger charge is -2.12. The molecule has 1 nitrogen and oxygen atoms in total. The van der Waals surface area contributed by atoms with E-state index in [0.29, 0.717) is 12.1 Å². The smallest absolute Gasteiger partial charge is 0.330 e. The number of hydrogen-bond acceptors (Lipinski definition) is 1. The van der Waals surface area contributed by atoms with Gasteiger partial charge in [0.25, 0.3) is 0 Å². The molecule has 2 N–H and O–H groups in total. The van der Waals surface area contributed by atoms with Crippen molar-refractivity contribution in [2.24, 2.45) is 5.73 Å². The maximum absolute atomic E-state index is 12.3. The Morgan fingerprint density at radius 1 is 1.36 bits per heavy atom. The van der Waals surface area contributed by atoms with Crippen molar-refractivity contribution in [1.82, 2.24) is 0 Å². The van der Waals surface area contributed by atoms with Crippen LogP contribution in [0.5, 0.6) is 0 Å². The lowest BCUT2D eigenvalue weighted by molar-refractivity contribution is -0.137. The molecule has 0 heterocycles. The first kappa shape index (κ1) is 11.0. The molecule has 4 heteroatoms. The molecule has 78 valence electrons. The van der Waals surface area contributed by atoms with Crippen LogP contribution in [0.1, 0.15) is 24.0 Å². The van der Waals surface area contributed by atoms with Crippen LogP contribution in [0.2, 0.25) is 0 Å². The van der Waals surface area contributed by atoms with Crippen LogP contribution in [0.4, 0.5) is 13.2 Å². The van der Waals surface area contributed by atoms with Gasteiger partial charge in [-0.25, -0.2) is 0 Å². The minimum atomic E-state index is -4.27. The summed E-state index contributed by atoms with van der Waals surface area (Å²) in [5, 5.41) is 0. The molecule has 0 radical (unpaired) electrons. The molecule has 1 rings (SSSR count). The van der Waals surface area contributed by atoms with Gasteiger partial charge in [0.15, 0.2) is 0 Å². The molecule has 0 bridgehead atoms. The lowest BCUT2D eigenvalue weighted by Crippen LogP contribution is -2.11. The Labute approximate surface area is 80.7 Å². The van der Waals surface area contributed by atoms with E-state index in [1.54, 1.807) is 13.0 Å². The van der Waals surface area contributed by atoms with Gasteiger partial charge in [-0.05, 0) is 24.1 Å². The van der Waals surface area contributed by atoms with Crippen molar-refractivity contribution in [2.45, 2.75) is 19.0 Å². The molecule has 0 fully saturated rings. The molecule has 0 aliphatic carbocycles. The minimum absolute atomic E-state index is 0.0442. The van der Waals surface area contributed by atoms with Gasteiger partial charge in [0, 0.05) is 0 Å². The largest absolute Gasteiger partial charge is 0.416 e. The zero-order chi connectivity index (χ0) is 10.8. The quantitative estimate of drug-likeness (QED) is 0.785. The van der Waals surface area contributed by atoms with Crippen LogP contribution in [-0.4, -0.2) is 6.54 Å². The van der Waals surface area contributed by atoms with Gasteiger partial charge in [0.05, 0.1) is 5.56 Å². The Morgan fingerprint density at radius 3 is 2.50 bits per heavy atom. The Morgan fingerprint density at radius 2 is 2.00 bits per heavy atom. The average molecular weight is 203 g/mol. The van der Waals surface area contributed by atoms with Crippen LogP contribution in [0.25, 0.3) is 0 Å². The van der Waals surface area contributed by atoms with Gasteiger partial charge in [-0.15, -0.1) is 0 Å². The molecule has 1 aromatic carbocycles. The van der Waals surface area contributed by atoms with Gasteiger partial charge in [-0.3, -0.25) is 0 Å². The van der Waals surface area contributed by atoms with Crippen molar-refractivity contribution < 1.29 is 13.2 Å². The Bertz CT molecular complexity index is 306. The van der Waals surface area contributed by atoms with Crippen LogP contribution in [0.15, 0.2) is 24.3 Å². The molecule has 0 saturated heterocycles. The fourth-order valence-electron chi connectivity index (χ4n) is 1.16. The van der Waals surface area contributed by atoms with Crippen molar-refractivity contribution in [3.05, 3.63) is 35.4 Å². The van der Waals surface area contributed by atoms with E-state index in [4.69, 9.17) is 5.73 Å². The van der Waals surface area contributed by atoms with Crippen LogP contribution in [-0.2, 0) is 6.18 Å². The molecule has 0 amide bonds. The number of alkyl halides is 3. The monoisotopic (exact) mass is 203 g/mol. The third-order valence-electron chi connectivity index (χ3n) is 2.14. The van der Waals surface area contributed by atoms with Gasteiger partial charge >= 0.3 is 6.18 Å². The van der Waals surface area contributed by atoms with Crippen LogP contribution < -0.4 is 5.73 Å². The summed E-state index contributed by atoms with van der Waals surface area (Å²) in [4.78, 5) is 0. The summed E-state index contributed by atoms with van der Waals surface area (Å²) in [5.74, 6) is -0.0442. The zero-order valence-corrected chi connectivity index (χ0v) is 7.81. The second kappa shape index (κ2) is 4.00. The fraction of sp³-hybridized carbons (Fsp3) is 0.400. The van der Waals surface area contributed by atoms with E-state index in [0.717, 1.165) is 12.1 Å². The van der Waals surface area contributed by atoms with E-state index in [1.165, 1.54) is 6.07 Å². The SMILES string of the molecule is C[C@@H](CN)c1cccc(C(F)(F)F)c1. The van der Waals surface area contributed by atoms with Gasteiger partial charge in [0.2, 0.25) is 0 Å². The number of benzene rings is 1. The van der Waals surface area contributed by atoms with Crippen molar-refractivity contribution in [1.29, 1.82) is 0 Å². The highest BCUT2D eigenvalue weighted by Gasteiger charge is 2.30. The van der Waals surface area contributed by atoms with E-state index in [1.807, 2.05) is 0 Å². The van der Waals surface area contributed by atoms with E-state index < -0.39 is 11.7 Å². The number of rotatable bonds is 2. The van der Waals surface area contributed by atoms with E-state index in [9.17, 15) is 13.2 Å². The molecule has 0 aromatic heterocycles. The van der Waals surface area contributed by atoms with Gasteiger partial charge in [-0.2, -0.15) is 13.2 Å². The molecule has 1 aromatic rings. The highest BCUT2D eigenvalue weighted by molar-refractivity contribution is 5.28. The van der Waals surface area contributed by atoms with Crippen LogP contribution >= 0.6 is 0 Å². The second-order valence-electron chi connectivity index (χ2n) is 3.26. The first-order chi connectivity index (χ1) is 6.45. The maximum atomic E-state index is 12.3. The molecule has 1 atom stereocenters. The molecule has 0 aliphatic rings. The number of hydrogen-bond donors (Lipinski definition) is 1. The summed E-state index contributed by atoms with van der Waals surface area (Å²) in [5.41, 5.74) is 5.39. The fourth-order valence-corrected chi connectivity index (χ4v) is 1.16. The molecule has 0 spiro atoms. The Balaban J connectivity index is 3.01.